The number of benzene rings is 2. The van der Waals surface area contributed by atoms with E-state index >= 15 is 0 Å². The molecule has 2 nitrogen and oxygen atoms in total. The van der Waals surface area contributed by atoms with Crippen LogP contribution >= 0.6 is 0 Å². The van der Waals surface area contributed by atoms with E-state index in [0.29, 0.717) is 11.5 Å². The normalized spacial score (nSPS) is 11.1. The van der Waals surface area contributed by atoms with E-state index in [1.54, 1.807) is 0 Å². The van der Waals surface area contributed by atoms with E-state index in [9.17, 15) is 10.2 Å². The third-order valence-electron chi connectivity index (χ3n) is 5.42. The van der Waals surface area contributed by atoms with Crippen molar-refractivity contribution in [3.8, 4) is 22.6 Å². The minimum atomic E-state index is 0.390. The van der Waals surface area contributed by atoms with Crippen LogP contribution in [0, 0.1) is 55.4 Å². The summed E-state index contributed by atoms with van der Waals surface area (Å²) in [5.41, 5.74) is 10.5. The summed E-state index contributed by atoms with van der Waals surface area (Å²) < 4.78 is 0. The van der Waals surface area contributed by atoms with Gasteiger partial charge in [-0.25, -0.2) is 0 Å². The molecule has 2 aromatic carbocycles. The Morgan fingerprint density at radius 1 is 0.364 bits per heavy atom. The lowest BCUT2D eigenvalue weighted by Gasteiger charge is -2.23. The van der Waals surface area contributed by atoms with Gasteiger partial charge in [-0.2, -0.15) is 0 Å². The number of phenolic OH excluding ortho intramolecular Hbond substituents is 2. The van der Waals surface area contributed by atoms with E-state index in [2.05, 4.69) is 27.7 Å². The van der Waals surface area contributed by atoms with Gasteiger partial charge in [0, 0.05) is 0 Å². The SMILES string of the molecule is Cc1c(C)c(-c2c(C)c(C)c(O)c(C)c2C)c(C)c(C)c1O. The van der Waals surface area contributed by atoms with Crippen LogP contribution in [-0.2, 0) is 0 Å². The molecule has 0 aromatic heterocycles. The molecule has 0 bridgehead atoms. The molecule has 2 aromatic rings. The van der Waals surface area contributed by atoms with Crippen molar-refractivity contribution in [2.45, 2.75) is 55.4 Å². The Kier molecular flexibility index (Phi) is 3.99. The highest BCUT2D eigenvalue weighted by Crippen LogP contribution is 2.43. The Bertz CT molecular complexity index is 658. The van der Waals surface area contributed by atoms with E-state index in [4.69, 9.17) is 0 Å². The van der Waals surface area contributed by atoms with Gasteiger partial charge in [0.05, 0.1) is 0 Å². The van der Waals surface area contributed by atoms with Crippen LogP contribution in [0.5, 0.6) is 11.5 Å². The zero-order chi connectivity index (χ0) is 16.9. The molecule has 0 atom stereocenters. The molecule has 0 aliphatic carbocycles. The van der Waals surface area contributed by atoms with E-state index in [-0.39, 0.29) is 0 Å². The Labute approximate surface area is 133 Å². The molecule has 2 rings (SSSR count). The van der Waals surface area contributed by atoms with Crippen LogP contribution in [0.1, 0.15) is 44.5 Å². The Morgan fingerprint density at radius 3 is 0.727 bits per heavy atom. The summed E-state index contributed by atoms with van der Waals surface area (Å²) in [6, 6.07) is 0. The van der Waals surface area contributed by atoms with Gasteiger partial charge in [0.15, 0.2) is 0 Å². The first kappa shape index (κ1) is 16.4. The summed E-state index contributed by atoms with van der Waals surface area (Å²) in [5, 5.41) is 20.6. The zero-order valence-corrected chi connectivity index (χ0v) is 14.9. The van der Waals surface area contributed by atoms with E-state index in [0.717, 1.165) is 44.5 Å². The number of rotatable bonds is 1. The van der Waals surface area contributed by atoms with E-state index in [1.807, 2.05) is 27.7 Å². The first-order valence-electron chi connectivity index (χ1n) is 7.70. The Morgan fingerprint density at radius 2 is 0.545 bits per heavy atom. The molecule has 118 valence electrons. The lowest BCUT2D eigenvalue weighted by molar-refractivity contribution is 0.465. The number of hydrogen-bond donors (Lipinski definition) is 2. The molecule has 0 aliphatic heterocycles. The number of hydrogen-bond acceptors (Lipinski definition) is 2. The largest absolute Gasteiger partial charge is 0.507 e. The first-order valence-corrected chi connectivity index (χ1v) is 7.70. The van der Waals surface area contributed by atoms with Crippen LogP contribution in [0.25, 0.3) is 11.1 Å². The third-order valence-corrected chi connectivity index (χ3v) is 5.42. The second-order valence-corrected chi connectivity index (χ2v) is 6.45. The van der Waals surface area contributed by atoms with Crippen molar-refractivity contribution in [2.75, 3.05) is 0 Å². The molecule has 0 heterocycles. The smallest absolute Gasteiger partial charge is 0.121 e. The van der Waals surface area contributed by atoms with Crippen molar-refractivity contribution in [1.82, 2.24) is 0 Å². The average Bonchev–Trinajstić information content (AvgIpc) is 2.50. The molecule has 0 saturated carbocycles. The first-order chi connectivity index (χ1) is 10.1. The maximum atomic E-state index is 10.3. The summed E-state index contributed by atoms with van der Waals surface area (Å²) in [7, 11) is 0. The molecule has 22 heavy (non-hydrogen) atoms. The van der Waals surface area contributed by atoms with Crippen molar-refractivity contribution in [1.29, 1.82) is 0 Å². The molecule has 0 radical (unpaired) electrons. The molecule has 2 heteroatoms. The van der Waals surface area contributed by atoms with E-state index < -0.39 is 0 Å². The fraction of sp³-hybridized carbons (Fsp3) is 0.400. The quantitative estimate of drug-likeness (QED) is 0.756. The van der Waals surface area contributed by atoms with Crippen molar-refractivity contribution in [3.63, 3.8) is 0 Å². The predicted molar refractivity (Wildman–Crippen MR) is 93.1 cm³/mol. The minimum Gasteiger partial charge on any atom is -0.507 e. The Balaban J connectivity index is 3.03. The summed E-state index contributed by atoms with van der Waals surface area (Å²) in [6.07, 6.45) is 0. The highest BCUT2D eigenvalue weighted by Gasteiger charge is 2.21. The zero-order valence-electron chi connectivity index (χ0n) is 14.9. The van der Waals surface area contributed by atoms with Crippen LogP contribution in [0.15, 0.2) is 0 Å². The van der Waals surface area contributed by atoms with Gasteiger partial charge in [-0.3, -0.25) is 0 Å². The highest BCUT2D eigenvalue weighted by molar-refractivity contribution is 5.82. The molecule has 0 amide bonds. The monoisotopic (exact) mass is 298 g/mol. The Hall–Kier alpha value is -1.96. The van der Waals surface area contributed by atoms with Gasteiger partial charge in [0.2, 0.25) is 0 Å². The van der Waals surface area contributed by atoms with E-state index in [1.165, 1.54) is 11.1 Å². The summed E-state index contributed by atoms with van der Waals surface area (Å²) in [6.45, 7) is 16.1. The van der Waals surface area contributed by atoms with Gasteiger partial charge in [0.1, 0.15) is 11.5 Å². The van der Waals surface area contributed by atoms with Gasteiger partial charge in [0.25, 0.3) is 0 Å². The maximum Gasteiger partial charge on any atom is 0.121 e. The van der Waals surface area contributed by atoms with Crippen LogP contribution in [0.4, 0.5) is 0 Å². The van der Waals surface area contributed by atoms with Crippen LogP contribution in [-0.4, -0.2) is 10.2 Å². The maximum absolute atomic E-state index is 10.3. The molecule has 0 saturated heterocycles. The lowest BCUT2D eigenvalue weighted by Crippen LogP contribution is -2.02. The molecular formula is C20H26O2. The molecule has 0 spiro atoms. The molecule has 2 N–H and O–H groups in total. The standard InChI is InChI=1S/C20H26O2/c1-9-13(5)19(21)14(6)10(2)17(9)18-11(3)15(7)20(22)16(8)12(18)4/h21-22H,1-8H3. The second-order valence-electron chi connectivity index (χ2n) is 6.45. The molecule has 0 fully saturated rings. The fourth-order valence-corrected chi connectivity index (χ4v) is 3.34. The number of aromatic hydroxyl groups is 2. The van der Waals surface area contributed by atoms with Crippen molar-refractivity contribution < 1.29 is 10.2 Å². The summed E-state index contributed by atoms with van der Waals surface area (Å²) >= 11 is 0. The summed E-state index contributed by atoms with van der Waals surface area (Å²) in [5.74, 6) is 0.780. The highest BCUT2D eigenvalue weighted by atomic mass is 16.3. The lowest BCUT2D eigenvalue weighted by atomic mass is 9.82. The van der Waals surface area contributed by atoms with Crippen LogP contribution in [0.2, 0.25) is 0 Å². The second kappa shape index (κ2) is 5.35. The van der Waals surface area contributed by atoms with Gasteiger partial charge >= 0.3 is 0 Å². The van der Waals surface area contributed by atoms with Crippen LogP contribution in [0.3, 0.4) is 0 Å². The molecular weight excluding hydrogens is 272 g/mol. The van der Waals surface area contributed by atoms with Gasteiger partial charge < -0.3 is 10.2 Å². The van der Waals surface area contributed by atoms with Gasteiger partial charge in [-0.1, -0.05) is 0 Å². The average molecular weight is 298 g/mol. The van der Waals surface area contributed by atoms with Crippen molar-refractivity contribution >= 4 is 0 Å². The third kappa shape index (κ3) is 2.09. The van der Waals surface area contributed by atoms with Gasteiger partial charge in [-0.05, 0) is 111 Å². The number of phenols is 2. The van der Waals surface area contributed by atoms with Gasteiger partial charge in [-0.15, -0.1) is 0 Å². The van der Waals surface area contributed by atoms with Crippen LogP contribution < -0.4 is 0 Å². The summed E-state index contributed by atoms with van der Waals surface area (Å²) in [4.78, 5) is 0. The predicted octanol–water partition coefficient (Wildman–Crippen LogP) is 5.23. The molecule has 0 aliphatic rings. The fourth-order valence-electron chi connectivity index (χ4n) is 3.34. The van der Waals surface area contributed by atoms with Crippen molar-refractivity contribution in [3.05, 3.63) is 44.5 Å². The molecule has 0 unspecified atom stereocenters. The van der Waals surface area contributed by atoms with Crippen molar-refractivity contribution in [2.24, 2.45) is 0 Å². The minimum absolute atomic E-state index is 0.390. The topological polar surface area (TPSA) is 40.5 Å².